The second-order valence-electron chi connectivity index (χ2n) is 21.1. The molecule has 5 heteroatoms. The Morgan fingerprint density at radius 1 is 0.509 bits per heavy atom. The van der Waals surface area contributed by atoms with Crippen molar-refractivity contribution in [3.63, 3.8) is 0 Å². The van der Waals surface area contributed by atoms with Gasteiger partial charge in [0.2, 0.25) is 0 Å². The highest BCUT2D eigenvalue weighted by molar-refractivity contribution is 7.53. The Kier molecular flexibility index (Phi) is 28.3. The van der Waals surface area contributed by atoms with Crippen molar-refractivity contribution in [1.82, 2.24) is 0 Å². The fourth-order valence-electron chi connectivity index (χ4n) is 9.40. The minimum atomic E-state index is -4.53. The molecule has 0 aromatic carbocycles. The molecule has 0 aromatic heterocycles. The molecule has 0 saturated heterocycles. The molecule has 338 valence electrons. The second kappa shape index (κ2) is 29.6. The maximum absolute atomic E-state index is 14.0. The summed E-state index contributed by atoms with van der Waals surface area (Å²) in [4.78, 5) is 22.9. The van der Waals surface area contributed by atoms with Crippen LogP contribution >= 0.6 is 7.60 Å². The molecule has 1 unspecified atom stereocenters. The first kappa shape index (κ1) is 54.4. The number of aliphatic hydroxyl groups is 1. The number of unbranched alkanes of at least 4 members (excludes halogenated alkanes) is 30. The van der Waals surface area contributed by atoms with Crippen LogP contribution in [0.5, 0.6) is 0 Å². The summed E-state index contributed by atoms with van der Waals surface area (Å²) in [5.41, 5.74) is 0.501. The van der Waals surface area contributed by atoms with Crippen LogP contribution in [0.3, 0.4) is 0 Å². The monoisotopic (exact) mass is 821 g/mol. The van der Waals surface area contributed by atoms with Gasteiger partial charge in [0.05, 0.1) is 5.16 Å². The van der Waals surface area contributed by atoms with Gasteiger partial charge in [0, 0.05) is 5.41 Å². The van der Waals surface area contributed by atoms with E-state index in [1.54, 1.807) is 0 Å². The predicted molar refractivity (Wildman–Crippen MR) is 252 cm³/mol. The normalized spacial score (nSPS) is 17.1. The Morgan fingerprint density at radius 2 is 0.772 bits per heavy atom. The van der Waals surface area contributed by atoms with E-state index in [9.17, 15) is 19.5 Å². The Bertz CT molecular complexity index is 1080. The second-order valence-corrected chi connectivity index (χ2v) is 23.1. The van der Waals surface area contributed by atoms with Crippen molar-refractivity contribution in [2.45, 2.75) is 292 Å². The average Bonchev–Trinajstić information content (AvgIpc) is 3.13. The summed E-state index contributed by atoms with van der Waals surface area (Å²) in [7, 11) is -4.53. The molecule has 0 radical (unpaired) electrons. The van der Waals surface area contributed by atoms with E-state index < -0.39 is 18.2 Å². The highest BCUT2D eigenvalue weighted by Gasteiger charge is 2.54. The van der Waals surface area contributed by atoms with Crippen LogP contribution in [0.2, 0.25) is 0 Å². The van der Waals surface area contributed by atoms with Gasteiger partial charge in [-0.1, -0.05) is 279 Å². The van der Waals surface area contributed by atoms with Gasteiger partial charge in [0.1, 0.15) is 5.76 Å². The van der Waals surface area contributed by atoms with Crippen molar-refractivity contribution >= 4 is 7.60 Å². The molecule has 1 atom stereocenters. The van der Waals surface area contributed by atoms with Gasteiger partial charge in [-0.25, -0.2) is 0 Å². The number of aliphatic hydroxyl groups excluding tert-OH is 1. The van der Waals surface area contributed by atoms with E-state index in [0.717, 1.165) is 49.7 Å². The van der Waals surface area contributed by atoms with Crippen molar-refractivity contribution in [3.8, 4) is 0 Å². The van der Waals surface area contributed by atoms with Crippen LogP contribution < -0.4 is 0 Å². The fraction of sp³-hybridized carbons (Fsp3) is 0.923. The van der Waals surface area contributed by atoms with Crippen LogP contribution in [-0.4, -0.2) is 20.0 Å². The summed E-state index contributed by atoms with van der Waals surface area (Å²) in [6.45, 7) is 19.5. The van der Waals surface area contributed by atoms with Crippen LogP contribution in [0, 0.1) is 16.2 Å². The molecule has 1 aliphatic carbocycles. The molecule has 0 aliphatic heterocycles. The van der Waals surface area contributed by atoms with Gasteiger partial charge in [-0.05, 0) is 35.7 Å². The molecular formula is C52H101O4P. The van der Waals surface area contributed by atoms with Gasteiger partial charge in [-0.2, -0.15) is 0 Å². The fourth-order valence-corrected chi connectivity index (χ4v) is 10.8. The summed E-state index contributed by atoms with van der Waals surface area (Å²) < 4.78 is 14.0. The van der Waals surface area contributed by atoms with Gasteiger partial charge >= 0.3 is 7.60 Å². The van der Waals surface area contributed by atoms with Crippen LogP contribution in [0.1, 0.15) is 287 Å². The Labute approximate surface area is 357 Å². The number of hydrogen-bond acceptors (Lipinski definition) is 2. The highest BCUT2D eigenvalue weighted by Crippen LogP contribution is 2.65. The zero-order valence-corrected chi connectivity index (χ0v) is 40.9. The molecular weight excluding hydrogens is 720 g/mol. The predicted octanol–water partition coefficient (Wildman–Crippen LogP) is 18.4. The summed E-state index contributed by atoms with van der Waals surface area (Å²) >= 11 is 0. The lowest BCUT2D eigenvalue weighted by atomic mass is 9.57. The van der Waals surface area contributed by atoms with Crippen molar-refractivity contribution in [2.24, 2.45) is 16.2 Å². The van der Waals surface area contributed by atoms with Gasteiger partial charge in [0.15, 0.2) is 0 Å². The highest BCUT2D eigenvalue weighted by atomic mass is 31.2. The minimum Gasteiger partial charge on any atom is -0.511 e. The topological polar surface area (TPSA) is 77.8 Å². The molecule has 57 heavy (non-hydrogen) atoms. The van der Waals surface area contributed by atoms with Crippen molar-refractivity contribution < 1.29 is 19.5 Å². The van der Waals surface area contributed by atoms with E-state index in [4.69, 9.17) is 0 Å². The largest absolute Gasteiger partial charge is 0.511 e. The molecule has 0 saturated carbocycles. The molecule has 1 aliphatic rings. The summed E-state index contributed by atoms with van der Waals surface area (Å²) in [5.74, 6) is 0.399. The molecule has 1 rings (SSSR count). The summed E-state index contributed by atoms with van der Waals surface area (Å²) in [5, 5.41) is 10.7. The minimum absolute atomic E-state index is 0.282. The molecule has 0 bridgehead atoms. The Hall–Kier alpha value is -0.570. The van der Waals surface area contributed by atoms with E-state index >= 15 is 0 Å². The summed E-state index contributed by atoms with van der Waals surface area (Å²) in [6.07, 6.45) is 44.8. The van der Waals surface area contributed by atoms with Gasteiger partial charge < -0.3 is 14.9 Å². The van der Waals surface area contributed by atoms with Gasteiger partial charge in [-0.3, -0.25) is 4.57 Å². The van der Waals surface area contributed by atoms with Crippen LogP contribution in [0.25, 0.3) is 0 Å². The zero-order chi connectivity index (χ0) is 42.7. The van der Waals surface area contributed by atoms with E-state index in [0.29, 0.717) is 25.0 Å². The third-order valence-corrected chi connectivity index (χ3v) is 16.0. The number of rotatable bonds is 36. The molecule has 0 spiro atoms. The first-order chi connectivity index (χ1) is 27.0. The number of hydrogen-bond donors (Lipinski definition) is 3. The Balaban J connectivity index is 2.80. The quantitative estimate of drug-likeness (QED) is 0.0435. The third-order valence-electron chi connectivity index (χ3n) is 14.1. The lowest BCUT2D eigenvalue weighted by Gasteiger charge is -2.50. The first-order valence-electron chi connectivity index (χ1n) is 25.2. The molecule has 0 heterocycles. The molecule has 0 amide bonds. The van der Waals surface area contributed by atoms with Crippen molar-refractivity contribution in [1.29, 1.82) is 0 Å². The third kappa shape index (κ3) is 21.2. The summed E-state index contributed by atoms with van der Waals surface area (Å²) in [6, 6.07) is 0. The average molecular weight is 821 g/mol. The van der Waals surface area contributed by atoms with Crippen LogP contribution in [0.4, 0.5) is 0 Å². The van der Waals surface area contributed by atoms with Crippen LogP contribution in [-0.2, 0) is 4.57 Å². The maximum atomic E-state index is 14.0. The number of allylic oxidation sites excluding steroid dienone is 4. The Morgan fingerprint density at radius 3 is 1.00 bits per heavy atom. The van der Waals surface area contributed by atoms with Crippen LogP contribution in [0.15, 0.2) is 23.0 Å². The standard InChI is InChI=1S/C52H101O4P/c1-10-12-14-16-18-20-22-24-26-28-30-32-34-36-38-40-42-52(57(54,55)56,46-44-47(49(3,4)5)48(53)51(9,45-46)50(6,7)8)43-41-39-37-35-33-31-29-27-25-23-21-19-17-15-13-11-2/h44,53H,10-43,45H2,1-9H3,(H2,54,55,56). The van der Waals surface area contributed by atoms with Crippen molar-refractivity contribution in [3.05, 3.63) is 23.0 Å². The lowest BCUT2D eigenvalue weighted by Crippen LogP contribution is -2.43. The van der Waals surface area contributed by atoms with E-state index in [-0.39, 0.29) is 10.8 Å². The molecule has 4 nitrogen and oxygen atoms in total. The van der Waals surface area contributed by atoms with Crippen molar-refractivity contribution in [2.75, 3.05) is 0 Å². The van der Waals surface area contributed by atoms with E-state index in [2.05, 4.69) is 62.3 Å². The van der Waals surface area contributed by atoms with Gasteiger partial charge in [0.25, 0.3) is 0 Å². The first-order valence-corrected chi connectivity index (χ1v) is 26.8. The molecule has 0 fully saturated rings. The van der Waals surface area contributed by atoms with E-state index in [1.807, 2.05) is 6.08 Å². The zero-order valence-electron chi connectivity index (χ0n) is 40.0. The van der Waals surface area contributed by atoms with Gasteiger partial charge in [-0.15, -0.1) is 0 Å². The SMILES string of the molecule is CCCCCCCCCCCCCCCCCCC(CCCCCCCCCCCCCCCCCC)(C1=CC(C(C)(C)C)=C(O)C(C)(C(C)(C)C)C1)P(=O)(O)O. The molecule has 3 N–H and O–H groups in total. The lowest BCUT2D eigenvalue weighted by molar-refractivity contribution is 0.0810. The maximum Gasteiger partial charge on any atom is 0.335 e. The van der Waals surface area contributed by atoms with E-state index in [1.165, 1.54) is 167 Å². The molecule has 0 aromatic rings. The smallest absolute Gasteiger partial charge is 0.335 e.